The lowest BCUT2D eigenvalue weighted by Crippen LogP contribution is -2.46. The predicted octanol–water partition coefficient (Wildman–Crippen LogP) is 1.31. The van der Waals surface area contributed by atoms with Gasteiger partial charge in [0.15, 0.2) is 0 Å². The third-order valence-electron chi connectivity index (χ3n) is 4.14. The van der Waals surface area contributed by atoms with Gasteiger partial charge in [-0.3, -0.25) is 9.69 Å². The Kier molecular flexibility index (Phi) is 3.73. The van der Waals surface area contributed by atoms with E-state index in [9.17, 15) is 9.90 Å². The molecule has 98 valence electrons. The zero-order chi connectivity index (χ0) is 12.5. The number of nitrogens with zero attached hydrogens (tertiary/aromatic N) is 1. The fraction of sp³-hybridized carbons (Fsp3) is 0.923. The Morgan fingerprint density at radius 2 is 2.24 bits per heavy atom. The summed E-state index contributed by atoms with van der Waals surface area (Å²) in [6.07, 6.45) is 4.30. The van der Waals surface area contributed by atoms with Gasteiger partial charge < -0.3 is 10.4 Å². The first-order valence-corrected chi connectivity index (χ1v) is 6.74. The van der Waals surface area contributed by atoms with Gasteiger partial charge >= 0.3 is 5.97 Å². The number of rotatable bonds is 4. The van der Waals surface area contributed by atoms with Crippen LogP contribution in [0.5, 0.6) is 0 Å². The van der Waals surface area contributed by atoms with E-state index in [1.54, 1.807) is 0 Å². The molecule has 2 N–H and O–H groups in total. The SMILES string of the molecule is CC(C)C[C@@H](C(=O)O)N1CC[C@@]2(CCCN2)C1. The van der Waals surface area contributed by atoms with Gasteiger partial charge in [-0.15, -0.1) is 0 Å². The number of aliphatic carboxylic acids is 1. The topological polar surface area (TPSA) is 52.6 Å². The minimum atomic E-state index is -0.659. The Bertz CT molecular complexity index is 285. The van der Waals surface area contributed by atoms with E-state index in [0.29, 0.717) is 5.92 Å². The van der Waals surface area contributed by atoms with Crippen molar-refractivity contribution >= 4 is 5.97 Å². The van der Waals surface area contributed by atoms with Crippen molar-refractivity contribution in [3.63, 3.8) is 0 Å². The molecule has 2 rings (SSSR count). The van der Waals surface area contributed by atoms with Crippen molar-refractivity contribution in [2.45, 2.75) is 51.1 Å². The Morgan fingerprint density at radius 1 is 1.47 bits per heavy atom. The second-order valence-corrected chi connectivity index (χ2v) is 6.01. The van der Waals surface area contributed by atoms with E-state index in [4.69, 9.17) is 0 Å². The monoisotopic (exact) mass is 240 g/mol. The van der Waals surface area contributed by atoms with Crippen molar-refractivity contribution < 1.29 is 9.90 Å². The summed E-state index contributed by atoms with van der Waals surface area (Å²) in [5, 5.41) is 12.9. The highest BCUT2D eigenvalue weighted by Crippen LogP contribution is 2.32. The van der Waals surface area contributed by atoms with E-state index in [0.717, 1.165) is 32.5 Å². The van der Waals surface area contributed by atoms with Crippen LogP contribution in [0.3, 0.4) is 0 Å². The summed E-state index contributed by atoms with van der Waals surface area (Å²) in [6, 6.07) is -0.295. The molecule has 0 aromatic rings. The van der Waals surface area contributed by atoms with Gasteiger partial charge in [0.1, 0.15) is 6.04 Å². The van der Waals surface area contributed by atoms with Gasteiger partial charge in [0.2, 0.25) is 0 Å². The summed E-state index contributed by atoms with van der Waals surface area (Å²) in [6.45, 7) is 7.12. The van der Waals surface area contributed by atoms with Gasteiger partial charge in [-0.1, -0.05) is 13.8 Å². The zero-order valence-corrected chi connectivity index (χ0v) is 10.9. The summed E-state index contributed by atoms with van der Waals surface area (Å²) in [4.78, 5) is 13.5. The lowest BCUT2D eigenvalue weighted by atomic mass is 9.96. The number of hydrogen-bond donors (Lipinski definition) is 2. The van der Waals surface area contributed by atoms with Crippen molar-refractivity contribution in [1.82, 2.24) is 10.2 Å². The summed E-state index contributed by atoms with van der Waals surface area (Å²) in [5.41, 5.74) is 0.227. The van der Waals surface area contributed by atoms with E-state index in [2.05, 4.69) is 24.1 Å². The van der Waals surface area contributed by atoms with Gasteiger partial charge in [0.25, 0.3) is 0 Å². The Morgan fingerprint density at radius 3 is 2.76 bits per heavy atom. The molecule has 0 radical (unpaired) electrons. The highest BCUT2D eigenvalue weighted by molar-refractivity contribution is 5.73. The third-order valence-corrected chi connectivity index (χ3v) is 4.14. The molecule has 0 amide bonds. The average Bonchev–Trinajstić information content (AvgIpc) is 2.86. The molecule has 1 spiro atoms. The molecule has 0 aromatic heterocycles. The van der Waals surface area contributed by atoms with Crippen LogP contribution in [0.15, 0.2) is 0 Å². The summed E-state index contributed by atoms with van der Waals surface area (Å²) >= 11 is 0. The van der Waals surface area contributed by atoms with Gasteiger partial charge in [-0.25, -0.2) is 0 Å². The summed E-state index contributed by atoms with van der Waals surface area (Å²) < 4.78 is 0. The fourth-order valence-corrected chi connectivity index (χ4v) is 3.24. The number of carbonyl (C=O) groups is 1. The van der Waals surface area contributed by atoms with Crippen LogP contribution in [0, 0.1) is 5.92 Å². The minimum Gasteiger partial charge on any atom is -0.480 e. The molecule has 2 aliphatic rings. The number of carboxylic acids is 1. The van der Waals surface area contributed by atoms with Gasteiger partial charge in [0.05, 0.1) is 0 Å². The quantitative estimate of drug-likeness (QED) is 0.778. The molecule has 0 aromatic carbocycles. The molecular formula is C13H24N2O2. The first-order valence-electron chi connectivity index (χ1n) is 6.74. The van der Waals surface area contributed by atoms with Crippen molar-refractivity contribution in [1.29, 1.82) is 0 Å². The highest BCUT2D eigenvalue weighted by Gasteiger charge is 2.43. The van der Waals surface area contributed by atoms with Crippen LogP contribution in [0.25, 0.3) is 0 Å². The first-order chi connectivity index (χ1) is 8.02. The molecule has 0 unspecified atom stereocenters. The third kappa shape index (κ3) is 2.80. The molecule has 4 nitrogen and oxygen atoms in total. The highest BCUT2D eigenvalue weighted by atomic mass is 16.4. The van der Waals surface area contributed by atoms with Crippen LogP contribution in [0.4, 0.5) is 0 Å². The normalized spacial score (nSPS) is 31.5. The summed E-state index contributed by atoms with van der Waals surface area (Å²) in [7, 11) is 0. The van der Waals surface area contributed by atoms with Crippen molar-refractivity contribution in [2.24, 2.45) is 5.92 Å². The van der Waals surface area contributed by atoms with Crippen LogP contribution < -0.4 is 5.32 Å². The standard InChI is InChI=1S/C13H24N2O2/c1-10(2)8-11(12(16)17)15-7-5-13(9-15)4-3-6-14-13/h10-11,14H,3-9H2,1-2H3,(H,16,17)/t11-,13-/m0/s1. The largest absolute Gasteiger partial charge is 0.480 e. The maximum absolute atomic E-state index is 11.4. The van der Waals surface area contributed by atoms with Crippen LogP contribution in [-0.2, 0) is 4.79 Å². The molecule has 17 heavy (non-hydrogen) atoms. The van der Waals surface area contributed by atoms with E-state index < -0.39 is 5.97 Å². The van der Waals surface area contributed by atoms with Crippen molar-refractivity contribution in [3.05, 3.63) is 0 Å². The van der Waals surface area contributed by atoms with Gasteiger partial charge in [0, 0.05) is 18.6 Å². The maximum atomic E-state index is 11.4. The van der Waals surface area contributed by atoms with Crippen LogP contribution in [-0.4, -0.2) is 47.2 Å². The molecule has 2 atom stereocenters. The van der Waals surface area contributed by atoms with Crippen LogP contribution in [0.2, 0.25) is 0 Å². The van der Waals surface area contributed by atoms with Crippen LogP contribution in [0.1, 0.15) is 39.5 Å². The lowest BCUT2D eigenvalue weighted by Gasteiger charge is -2.28. The molecule has 2 fully saturated rings. The average molecular weight is 240 g/mol. The lowest BCUT2D eigenvalue weighted by molar-refractivity contribution is -0.143. The Labute approximate surface area is 103 Å². The predicted molar refractivity (Wildman–Crippen MR) is 67.0 cm³/mol. The van der Waals surface area contributed by atoms with Gasteiger partial charge in [-0.05, 0) is 38.1 Å². The molecule has 2 heterocycles. The zero-order valence-electron chi connectivity index (χ0n) is 10.9. The van der Waals surface area contributed by atoms with Crippen molar-refractivity contribution in [2.75, 3.05) is 19.6 Å². The first kappa shape index (κ1) is 12.8. The second kappa shape index (κ2) is 4.94. The van der Waals surface area contributed by atoms with E-state index in [1.165, 1.54) is 12.8 Å². The van der Waals surface area contributed by atoms with Crippen molar-refractivity contribution in [3.8, 4) is 0 Å². The van der Waals surface area contributed by atoms with E-state index in [-0.39, 0.29) is 11.6 Å². The smallest absolute Gasteiger partial charge is 0.320 e. The minimum absolute atomic E-state index is 0.227. The molecule has 2 saturated heterocycles. The number of hydrogen-bond acceptors (Lipinski definition) is 3. The molecule has 2 aliphatic heterocycles. The molecule has 4 heteroatoms. The maximum Gasteiger partial charge on any atom is 0.320 e. The molecule has 0 aliphatic carbocycles. The number of carboxylic acid groups (broad SMARTS) is 1. The van der Waals surface area contributed by atoms with E-state index >= 15 is 0 Å². The Hall–Kier alpha value is -0.610. The number of likely N-dealkylation sites (tertiary alicyclic amines) is 1. The fourth-order valence-electron chi connectivity index (χ4n) is 3.24. The van der Waals surface area contributed by atoms with E-state index in [1.807, 2.05) is 0 Å². The number of nitrogens with one attached hydrogen (secondary N) is 1. The molecule has 0 bridgehead atoms. The molecule has 0 saturated carbocycles. The Balaban J connectivity index is 1.99. The van der Waals surface area contributed by atoms with Crippen LogP contribution >= 0.6 is 0 Å². The molecular weight excluding hydrogens is 216 g/mol. The van der Waals surface area contributed by atoms with Gasteiger partial charge in [-0.2, -0.15) is 0 Å². The summed E-state index contributed by atoms with van der Waals surface area (Å²) in [5.74, 6) is -0.224. The second-order valence-electron chi connectivity index (χ2n) is 6.01.